The smallest absolute Gasteiger partial charge is 0.230 e. The van der Waals surface area contributed by atoms with Gasteiger partial charge in [-0.25, -0.2) is 0 Å². The summed E-state index contributed by atoms with van der Waals surface area (Å²) in [5.74, 6) is 0.475. The van der Waals surface area contributed by atoms with Gasteiger partial charge in [0.05, 0.1) is 5.41 Å². The van der Waals surface area contributed by atoms with E-state index in [1.54, 1.807) is 0 Å². The minimum absolute atomic E-state index is 0. The van der Waals surface area contributed by atoms with Gasteiger partial charge in [0.15, 0.2) is 0 Å². The molecule has 0 bridgehead atoms. The predicted octanol–water partition coefficient (Wildman–Crippen LogP) is 2.30. The molecule has 1 aliphatic carbocycles. The van der Waals surface area contributed by atoms with E-state index in [4.69, 9.17) is 11.5 Å². The summed E-state index contributed by atoms with van der Waals surface area (Å²) in [6.45, 7) is 1.85. The first-order chi connectivity index (χ1) is 10.2. The van der Waals surface area contributed by atoms with Crippen LogP contribution in [0.2, 0.25) is 0 Å². The summed E-state index contributed by atoms with van der Waals surface area (Å²) in [4.78, 5) is 14.9. The van der Waals surface area contributed by atoms with Crippen LogP contribution in [0.3, 0.4) is 0 Å². The van der Waals surface area contributed by atoms with Crippen LogP contribution >= 0.6 is 24.8 Å². The highest BCUT2D eigenvalue weighted by Gasteiger charge is 2.45. The second-order valence-electron chi connectivity index (χ2n) is 6.58. The Kier molecular flexibility index (Phi) is 7.33. The second-order valence-corrected chi connectivity index (χ2v) is 6.58. The summed E-state index contributed by atoms with van der Waals surface area (Å²) in [7, 11) is 0. The Morgan fingerprint density at radius 1 is 1.13 bits per heavy atom. The molecule has 1 aromatic rings. The molecule has 1 saturated heterocycles. The molecule has 6 heteroatoms. The van der Waals surface area contributed by atoms with Gasteiger partial charge in [-0.3, -0.25) is 4.79 Å². The number of amides is 1. The van der Waals surface area contributed by atoms with Crippen molar-refractivity contribution in [2.45, 2.75) is 37.6 Å². The lowest BCUT2D eigenvalue weighted by Crippen LogP contribution is -2.46. The average Bonchev–Trinajstić information content (AvgIpc) is 3.15. The minimum atomic E-state index is -0.314. The maximum absolute atomic E-state index is 12.9. The Hall–Kier alpha value is -0.810. The van der Waals surface area contributed by atoms with Gasteiger partial charge in [0.2, 0.25) is 5.91 Å². The maximum atomic E-state index is 12.9. The normalized spacial score (nSPS) is 25.6. The van der Waals surface area contributed by atoms with Gasteiger partial charge in [0.1, 0.15) is 0 Å². The van der Waals surface area contributed by atoms with Crippen LogP contribution in [0.15, 0.2) is 30.3 Å². The number of carbonyl (C=O) groups excluding carboxylic acids is 1. The molecule has 4 nitrogen and oxygen atoms in total. The van der Waals surface area contributed by atoms with Gasteiger partial charge >= 0.3 is 0 Å². The molecule has 2 aliphatic rings. The molecule has 3 rings (SSSR count). The highest BCUT2D eigenvalue weighted by Crippen LogP contribution is 2.40. The van der Waals surface area contributed by atoms with Crippen molar-refractivity contribution in [2.75, 3.05) is 19.6 Å². The molecular formula is C17H27Cl2N3O. The van der Waals surface area contributed by atoms with Gasteiger partial charge in [-0.1, -0.05) is 43.2 Å². The first-order valence-corrected chi connectivity index (χ1v) is 7.96. The summed E-state index contributed by atoms with van der Waals surface area (Å²) in [5.41, 5.74) is 13.2. The Morgan fingerprint density at radius 3 is 2.30 bits per heavy atom. The van der Waals surface area contributed by atoms with Gasteiger partial charge in [-0.15, -0.1) is 24.8 Å². The molecule has 1 amide bonds. The molecular weight excluding hydrogens is 333 g/mol. The van der Waals surface area contributed by atoms with Crippen molar-refractivity contribution in [1.29, 1.82) is 0 Å². The van der Waals surface area contributed by atoms with E-state index in [1.165, 1.54) is 5.56 Å². The molecule has 2 atom stereocenters. The molecule has 1 aromatic carbocycles. The van der Waals surface area contributed by atoms with Crippen LogP contribution in [-0.4, -0.2) is 36.5 Å². The van der Waals surface area contributed by atoms with Crippen LogP contribution in [0.5, 0.6) is 0 Å². The summed E-state index contributed by atoms with van der Waals surface area (Å²) >= 11 is 0. The molecule has 0 aromatic heterocycles. The zero-order valence-electron chi connectivity index (χ0n) is 13.3. The third kappa shape index (κ3) is 3.82. The monoisotopic (exact) mass is 359 g/mol. The van der Waals surface area contributed by atoms with Crippen LogP contribution in [0.25, 0.3) is 0 Å². The average molecular weight is 360 g/mol. The third-order valence-corrected chi connectivity index (χ3v) is 5.29. The lowest BCUT2D eigenvalue weighted by Gasteiger charge is -2.31. The van der Waals surface area contributed by atoms with Crippen LogP contribution < -0.4 is 11.5 Å². The summed E-state index contributed by atoms with van der Waals surface area (Å²) in [6, 6.07) is 10.3. The molecule has 1 aliphatic heterocycles. The molecule has 130 valence electrons. The number of nitrogens with two attached hydrogens (primary N) is 2. The van der Waals surface area contributed by atoms with Crippen LogP contribution in [0.4, 0.5) is 0 Å². The van der Waals surface area contributed by atoms with Crippen molar-refractivity contribution in [3.05, 3.63) is 35.9 Å². The molecule has 1 saturated carbocycles. The van der Waals surface area contributed by atoms with Crippen LogP contribution in [-0.2, 0) is 4.79 Å². The van der Waals surface area contributed by atoms with E-state index in [1.807, 2.05) is 23.1 Å². The first-order valence-electron chi connectivity index (χ1n) is 7.96. The van der Waals surface area contributed by atoms with Crippen molar-refractivity contribution < 1.29 is 4.79 Å². The SMILES string of the molecule is Cl.Cl.NCC1(C(=O)N2C[C@@H](N)[C@H](c3ccccc3)C2)CCCC1. The van der Waals surface area contributed by atoms with E-state index in [9.17, 15) is 4.79 Å². The van der Waals surface area contributed by atoms with E-state index in [0.29, 0.717) is 13.1 Å². The first kappa shape index (κ1) is 20.2. The number of rotatable bonds is 3. The number of carbonyl (C=O) groups is 1. The summed E-state index contributed by atoms with van der Waals surface area (Å²) in [6.07, 6.45) is 4.10. The highest BCUT2D eigenvalue weighted by atomic mass is 35.5. The largest absolute Gasteiger partial charge is 0.340 e. The molecule has 0 unspecified atom stereocenters. The summed E-state index contributed by atoms with van der Waals surface area (Å²) < 4.78 is 0. The number of nitrogens with zero attached hydrogens (tertiary/aromatic N) is 1. The fourth-order valence-corrected chi connectivity index (χ4v) is 3.94. The number of hydrogen-bond donors (Lipinski definition) is 2. The number of hydrogen-bond acceptors (Lipinski definition) is 3. The van der Waals surface area contributed by atoms with Gasteiger partial charge in [0.25, 0.3) is 0 Å². The Morgan fingerprint density at radius 2 is 1.74 bits per heavy atom. The molecule has 23 heavy (non-hydrogen) atoms. The molecule has 1 heterocycles. The molecule has 0 radical (unpaired) electrons. The van der Waals surface area contributed by atoms with Gasteiger partial charge in [-0.2, -0.15) is 0 Å². The standard InChI is InChI=1S/C17H25N3O.2ClH/c18-12-17(8-4-5-9-17)16(21)20-10-14(15(19)11-20)13-6-2-1-3-7-13;;/h1-3,6-7,14-15H,4-5,8-12,18-19H2;2*1H/t14-,15+;;/m0../s1. The molecule has 4 N–H and O–H groups in total. The van der Waals surface area contributed by atoms with Crippen molar-refractivity contribution in [3.8, 4) is 0 Å². The van der Waals surface area contributed by atoms with E-state index < -0.39 is 0 Å². The summed E-state index contributed by atoms with van der Waals surface area (Å²) in [5, 5.41) is 0. The van der Waals surface area contributed by atoms with E-state index in [-0.39, 0.29) is 48.1 Å². The maximum Gasteiger partial charge on any atom is 0.230 e. The van der Waals surface area contributed by atoms with Gasteiger partial charge in [-0.05, 0) is 18.4 Å². The number of halogens is 2. The van der Waals surface area contributed by atoms with Crippen LogP contribution in [0, 0.1) is 5.41 Å². The van der Waals surface area contributed by atoms with E-state index in [0.717, 1.165) is 32.2 Å². The van der Waals surface area contributed by atoms with Crippen LogP contribution in [0.1, 0.15) is 37.2 Å². The fourth-order valence-electron chi connectivity index (χ4n) is 3.94. The third-order valence-electron chi connectivity index (χ3n) is 5.29. The van der Waals surface area contributed by atoms with Crippen molar-refractivity contribution in [1.82, 2.24) is 4.90 Å². The van der Waals surface area contributed by atoms with Crippen molar-refractivity contribution in [2.24, 2.45) is 16.9 Å². The van der Waals surface area contributed by atoms with Gasteiger partial charge < -0.3 is 16.4 Å². The zero-order valence-corrected chi connectivity index (χ0v) is 15.0. The predicted molar refractivity (Wildman–Crippen MR) is 98.2 cm³/mol. The number of likely N-dealkylation sites (tertiary alicyclic amines) is 1. The zero-order chi connectivity index (χ0) is 14.9. The molecule has 2 fully saturated rings. The Balaban J connectivity index is 0.00000132. The van der Waals surface area contributed by atoms with Crippen molar-refractivity contribution in [3.63, 3.8) is 0 Å². The number of benzene rings is 1. The van der Waals surface area contributed by atoms with Crippen molar-refractivity contribution >= 4 is 30.7 Å². The highest BCUT2D eigenvalue weighted by molar-refractivity contribution is 5.85. The second kappa shape index (κ2) is 8.34. The van der Waals surface area contributed by atoms with E-state index >= 15 is 0 Å². The minimum Gasteiger partial charge on any atom is -0.340 e. The Labute approximate surface area is 150 Å². The quantitative estimate of drug-likeness (QED) is 0.869. The fraction of sp³-hybridized carbons (Fsp3) is 0.588. The van der Waals surface area contributed by atoms with E-state index in [2.05, 4.69) is 12.1 Å². The Bertz CT molecular complexity index is 506. The lowest BCUT2D eigenvalue weighted by atomic mass is 9.84. The van der Waals surface area contributed by atoms with Gasteiger partial charge in [0, 0.05) is 31.6 Å². The molecule has 0 spiro atoms. The lowest BCUT2D eigenvalue weighted by molar-refractivity contribution is -0.140. The topological polar surface area (TPSA) is 72.4 Å².